The van der Waals surface area contributed by atoms with Gasteiger partial charge in [0.2, 0.25) is 0 Å². The van der Waals surface area contributed by atoms with Gasteiger partial charge in [-0.25, -0.2) is 4.79 Å². The third-order valence-corrected chi connectivity index (χ3v) is 1.85. The van der Waals surface area contributed by atoms with Crippen molar-refractivity contribution in [2.24, 2.45) is 5.73 Å². The summed E-state index contributed by atoms with van der Waals surface area (Å²) in [6.07, 6.45) is 1.36. The number of rotatable bonds is 6. The number of nitrogens with one attached hydrogen (secondary N) is 2. The molecule has 82 valence electrons. The van der Waals surface area contributed by atoms with Crippen molar-refractivity contribution < 1.29 is 4.79 Å². The Morgan fingerprint density at radius 3 is 2.57 bits per heavy atom. The summed E-state index contributed by atoms with van der Waals surface area (Å²) in [5.41, 5.74) is 5.22. The van der Waals surface area contributed by atoms with Gasteiger partial charge in [0.15, 0.2) is 0 Å². The number of urea groups is 1. The summed E-state index contributed by atoms with van der Waals surface area (Å²) in [7, 11) is 0. The summed E-state index contributed by atoms with van der Waals surface area (Å²) in [6, 6.07) is -0.0735. The van der Waals surface area contributed by atoms with E-state index in [2.05, 4.69) is 5.32 Å². The lowest BCUT2D eigenvalue weighted by atomic mass is 10.3. The average Bonchev–Trinajstić information content (AvgIpc) is 2.15. The van der Waals surface area contributed by atoms with Crippen molar-refractivity contribution in [3.05, 3.63) is 0 Å². The van der Waals surface area contributed by atoms with Crippen molar-refractivity contribution in [3.8, 4) is 0 Å². The van der Waals surface area contributed by atoms with Gasteiger partial charge in [-0.05, 0) is 13.3 Å². The number of hydrogen-bond donors (Lipinski definition) is 3. The van der Waals surface area contributed by atoms with Crippen LogP contribution in [-0.4, -0.2) is 36.4 Å². The topological polar surface area (TPSA) is 82.2 Å². The maximum absolute atomic E-state index is 11.4. The number of nitrogens with zero attached hydrogens (tertiary/aromatic N) is 1. The highest BCUT2D eigenvalue weighted by Gasteiger charge is 2.09. The molecule has 0 aliphatic rings. The maximum atomic E-state index is 11.4. The molecule has 0 aliphatic carbocycles. The zero-order valence-electron chi connectivity index (χ0n) is 8.97. The Labute approximate surface area is 85.2 Å². The van der Waals surface area contributed by atoms with E-state index in [1.54, 1.807) is 4.90 Å². The molecule has 14 heavy (non-hydrogen) atoms. The van der Waals surface area contributed by atoms with Gasteiger partial charge in [-0.1, -0.05) is 6.92 Å². The van der Waals surface area contributed by atoms with Crippen LogP contribution in [0.5, 0.6) is 0 Å². The van der Waals surface area contributed by atoms with Gasteiger partial charge < -0.3 is 16.0 Å². The Morgan fingerprint density at radius 2 is 2.14 bits per heavy atom. The zero-order chi connectivity index (χ0) is 11.0. The van der Waals surface area contributed by atoms with Crippen molar-refractivity contribution >= 4 is 11.9 Å². The van der Waals surface area contributed by atoms with Crippen LogP contribution >= 0.6 is 0 Å². The van der Waals surface area contributed by atoms with Crippen molar-refractivity contribution in [1.82, 2.24) is 10.2 Å². The van der Waals surface area contributed by atoms with Crippen LogP contribution in [0.15, 0.2) is 0 Å². The molecule has 0 aliphatic heterocycles. The maximum Gasteiger partial charge on any atom is 0.317 e. The summed E-state index contributed by atoms with van der Waals surface area (Å²) >= 11 is 0. The van der Waals surface area contributed by atoms with Gasteiger partial charge in [0, 0.05) is 26.1 Å². The van der Waals surface area contributed by atoms with Gasteiger partial charge >= 0.3 is 6.03 Å². The van der Waals surface area contributed by atoms with Gasteiger partial charge in [0.1, 0.15) is 0 Å². The second kappa shape index (κ2) is 7.17. The second-order valence-corrected chi connectivity index (χ2v) is 3.09. The van der Waals surface area contributed by atoms with E-state index in [-0.39, 0.29) is 11.9 Å². The van der Waals surface area contributed by atoms with Crippen molar-refractivity contribution in [2.45, 2.75) is 26.7 Å². The van der Waals surface area contributed by atoms with Crippen LogP contribution < -0.4 is 11.1 Å². The quantitative estimate of drug-likeness (QED) is 0.437. The minimum atomic E-state index is -0.0735. The molecule has 0 aromatic rings. The molecule has 0 saturated heterocycles. The number of carbonyl (C=O) groups is 1. The molecule has 0 spiro atoms. The third kappa shape index (κ3) is 5.40. The first-order chi connectivity index (χ1) is 6.61. The van der Waals surface area contributed by atoms with Gasteiger partial charge in [-0.3, -0.25) is 5.41 Å². The Bertz CT molecular complexity index is 193. The fraction of sp³-hybridized carbons (Fsp3) is 0.778. The van der Waals surface area contributed by atoms with Gasteiger partial charge in [0.05, 0.1) is 5.84 Å². The second-order valence-electron chi connectivity index (χ2n) is 3.09. The van der Waals surface area contributed by atoms with Gasteiger partial charge in [-0.2, -0.15) is 0 Å². The lowest BCUT2D eigenvalue weighted by molar-refractivity contribution is 0.202. The van der Waals surface area contributed by atoms with E-state index in [0.717, 1.165) is 6.42 Å². The predicted molar refractivity (Wildman–Crippen MR) is 57.5 cm³/mol. The molecular formula is C9H20N4O. The minimum Gasteiger partial charge on any atom is -0.388 e. The predicted octanol–water partition coefficient (Wildman–Crippen LogP) is 0.754. The summed E-state index contributed by atoms with van der Waals surface area (Å²) < 4.78 is 0. The molecule has 5 heteroatoms. The molecule has 0 radical (unpaired) electrons. The minimum absolute atomic E-state index is 0.0735. The molecule has 0 aromatic carbocycles. The number of nitrogens with two attached hydrogens (primary N) is 1. The van der Waals surface area contributed by atoms with Crippen molar-refractivity contribution in [1.29, 1.82) is 5.41 Å². The summed E-state index contributed by atoms with van der Waals surface area (Å²) in [6.45, 7) is 5.76. The number of carbonyl (C=O) groups excluding carboxylic acids is 1. The molecule has 0 atom stereocenters. The van der Waals surface area contributed by atoms with E-state index in [4.69, 9.17) is 11.1 Å². The largest absolute Gasteiger partial charge is 0.388 e. The first kappa shape index (κ1) is 12.7. The van der Waals surface area contributed by atoms with Crippen LogP contribution in [0.3, 0.4) is 0 Å². The van der Waals surface area contributed by atoms with Crippen LogP contribution in [0, 0.1) is 5.41 Å². The van der Waals surface area contributed by atoms with Gasteiger partial charge in [0.25, 0.3) is 0 Å². The lowest BCUT2D eigenvalue weighted by Crippen LogP contribution is -2.41. The molecule has 0 aromatic heterocycles. The lowest BCUT2D eigenvalue weighted by Gasteiger charge is -2.20. The monoisotopic (exact) mass is 200 g/mol. The summed E-state index contributed by atoms with van der Waals surface area (Å²) in [4.78, 5) is 13.1. The van der Waals surface area contributed by atoms with Crippen molar-refractivity contribution in [3.63, 3.8) is 0 Å². The fourth-order valence-corrected chi connectivity index (χ4v) is 1.00. The van der Waals surface area contributed by atoms with E-state index >= 15 is 0 Å². The molecule has 0 bridgehead atoms. The molecule has 2 amide bonds. The van der Waals surface area contributed by atoms with Crippen LogP contribution in [0.25, 0.3) is 0 Å². The first-order valence-electron chi connectivity index (χ1n) is 4.97. The Kier molecular flexibility index (Phi) is 6.53. The molecule has 0 fully saturated rings. The zero-order valence-corrected chi connectivity index (χ0v) is 8.97. The van der Waals surface area contributed by atoms with E-state index in [0.29, 0.717) is 26.1 Å². The first-order valence-corrected chi connectivity index (χ1v) is 4.97. The highest BCUT2D eigenvalue weighted by Crippen LogP contribution is 1.92. The third-order valence-electron chi connectivity index (χ3n) is 1.85. The van der Waals surface area contributed by atoms with Crippen LogP contribution in [0.2, 0.25) is 0 Å². The highest BCUT2D eigenvalue weighted by molar-refractivity contribution is 5.78. The molecular weight excluding hydrogens is 180 g/mol. The number of hydrogen-bond acceptors (Lipinski definition) is 2. The Balaban J connectivity index is 3.86. The Morgan fingerprint density at radius 1 is 1.50 bits per heavy atom. The number of amidine groups is 1. The van der Waals surface area contributed by atoms with E-state index < -0.39 is 0 Å². The number of amides is 2. The highest BCUT2D eigenvalue weighted by atomic mass is 16.2. The Hall–Kier alpha value is -1.26. The smallest absolute Gasteiger partial charge is 0.317 e. The summed E-state index contributed by atoms with van der Waals surface area (Å²) in [5.74, 6) is 0.117. The van der Waals surface area contributed by atoms with E-state index in [1.165, 1.54) is 0 Å². The SMILES string of the molecule is CCCNC(=O)N(CC)CCC(=N)N. The van der Waals surface area contributed by atoms with Crippen LogP contribution in [0.4, 0.5) is 4.79 Å². The molecule has 0 unspecified atom stereocenters. The van der Waals surface area contributed by atoms with Gasteiger partial charge in [-0.15, -0.1) is 0 Å². The molecule has 0 heterocycles. The van der Waals surface area contributed by atoms with Crippen LogP contribution in [-0.2, 0) is 0 Å². The summed E-state index contributed by atoms with van der Waals surface area (Å²) in [5, 5.41) is 9.84. The fourth-order valence-electron chi connectivity index (χ4n) is 1.00. The molecule has 4 N–H and O–H groups in total. The van der Waals surface area contributed by atoms with E-state index in [9.17, 15) is 4.79 Å². The van der Waals surface area contributed by atoms with E-state index in [1.807, 2.05) is 13.8 Å². The standard InChI is InChI=1S/C9H20N4O/c1-3-6-12-9(14)13(4-2)7-5-8(10)11/h3-7H2,1-2H3,(H3,10,11)(H,12,14). The average molecular weight is 200 g/mol. The molecule has 5 nitrogen and oxygen atoms in total. The molecule has 0 rings (SSSR count). The normalized spacial score (nSPS) is 9.57. The van der Waals surface area contributed by atoms with Crippen molar-refractivity contribution in [2.75, 3.05) is 19.6 Å². The van der Waals surface area contributed by atoms with Crippen LogP contribution in [0.1, 0.15) is 26.7 Å². The molecule has 0 saturated carbocycles.